The third kappa shape index (κ3) is 3.26. The number of nitrogens with one attached hydrogen (secondary N) is 1. The summed E-state index contributed by atoms with van der Waals surface area (Å²) in [4.78, 5) is 13.5. The third-order valence-corrected chi connectivity index (χ3v) is 4.87. The Labute approximate surface area is 158 Å². The summed E-state index contributed by atoms with van der Waals surface area (Å²) in [5, 5.41) is 8.85. The Hall–Kier alpha value is -3.28. The molecule has 0 aliphatic heterocycles. The van der Waals surface area contributed by atoms with Crippen LogP contribution in [0, 0.1) is 20.8 Å². The van der Waals surface area contributed by atoms with Crippen molar-refractivity contribution >= 4 is 16.9 Å². The van der Waals surface area contributed by atoms with E-state index in [0.717, 1.165) is 22.4 Å². The van der Waals surface area contributed by atoms with Gasteiger partial charge < -0.3 is 5.32 Å². The number of benzene rings is 1. The highest BCUT2D eigenvalue weighted by atomic mass is 15.3. The van der Waals surface area contributed by atoms with E-state index in [2.05, 4.69) is 63.5 Å². The molecule has 1 N–H and O–H groups in total. The van der Waals surface area contributed by atoms with Gasteiger partial charge in [0.05, 0.1) is 17.6 Å². The summed E-state index contributed by atoms with van der Waals surface area (Å²) in [5.74, 6) is 1.48. The molecule has 6 heteroatoms. The molecule has 4 rings (SSSR count). The molecule has 27 heavy (non-hydrogen) atoms. The van der Waals surface area contributed by atoms with Crippen LogP contribution in [-0.4, -0.2) is 24.7 Å². The van der Waals surface area contributed by atoms with Crippen molar-refractivity contribution in [2.75, 3.05) is 5.32 Å². The van der Waals surface area contributed by atoms with Gasteiger partial charge in [-0.25, -0.2) is 9.97 Å². The monoisotopic (exact) mass is 358 g/mol. The van der Waals surface area contributed by atoms with Crippen LogP contribution in [0.5, 0.6) is 0 Å². The van der Waals surface area contributed by atoms with E-state index in [4.69, 9.17) is 0 Å². The van der Waals surface area contributed by atoms with Crippen molar-refractivity contribution in [2.24, 2.45) is 7.05 Å². The summed E-state index contributed by atoms with van der Waals surface area (Å²) < 4.78 is 1.77. The van der Waals surface area contributed by atoms with Crippen molar-refractivity contribution in [1.82, 2.24) is 24.7 Å². The van der Waals surface area contributed by atoms with Gasteiger partial charge in [-0.05, 0) is 49.1 Å². The second-order valence-corrected chi connectivity index (χ2v) is 6.83. The molecular formula is C21H22N6. The average molecular weight is 358 g/mol. The van der Waals surface area contributed by atoms with Gasteiger partial charge in [0.25, 0.3) is 0 Å². The molecule has 0 bridgehead atoms. The quantitative estimate of drug-likeness (QED) is 0.599. The SMILES string of the molecule is Cc1nc(NC(c2cccnc2)c2ccc(C)c(C)c2)c2cnn(C)c2n1. The number of pyridine rings is 1. The van der Waals surface area contributed by atoms with Gasteiger partial charge in [-0.15, -0.1) is 0 Å². The molecule has 4 aromatic rings. The van der Waals surface area contributed by atoms with Crippen LogP contribution in [0.1, 0.15) is 34.1 Å². The van der Waals surface area contributed by atoms with Crippen LogP contribution in [0.15, 0.2) is 48.9 Å². The fourth-order valence-corrected chi connectivity index (χ4v) is 3.23. The summed E-state index contributed by atoms with van der Waals surface area (Å²) in [7, 11) is 1.89. The summed E-state index contributed by atoms with van der Waals surface area (Å²) >= 11 is 0. The van der Waals surface area contributed by atoms with Crippen LogP contribution in [0.3, 0.4) is 0 Å². The van der Waals surface area contributed by atoms with Gasteiger partial charge in [0.1, 0.15) is 11.6 Å². The molecule has 136 valence electrons. The summed E-state index contributed by atoms with van der Waals surface area (Å²) in [5.41, 5.74) is 5.59. The van der Waals surface area contributed by atoms with E-state index in [1.54, 1.807) is 17.1 Å². The second kappa shape index (κ2) is 6.79. The molecule has 0 radical (unpaired) electrons. The zero-order valence-corrected chi connectivity index (χ0v) is 15.9. The third-order valence-electron chi connectivity index (χ3n) is 4.87. The van der Waals surface area contributed by atoms with Crippen LogP contribution in [0.2, 0.25) is 0 Å². The average Bonchev–Trinajstić information content (AvgIpc) is 3.04. The highest BCUT2D eigenvalue weighted by Crippen LogP contribution is 2.30. The fraction of sp³-hybridized carbons (Fsp3) is 0.238. The molecule has 0 fully saturated rings. The number of hydrogen-bond donors (Lipinski definition) is 1. The zero-order chi connectivity index (χ0) is 19.0. The lowest BCUT2D eigenvalue weighted by Crippen LogP contribution is -2.15. The Balaban J connectivity index is 1.84. The van der Waals surface area contributed by atoms with E-state index in [-0.39, 0.29) is 6.04 Å². The summed E-state index contributed by atoms with van der Waals surface area (Å²) in [6.45, 7) is 6.15. The van der Waals surface area contributed by atoms with Gasteiger partial charge in [-0.3, -0.25) is 9.67 Å². The van der Waals surface area contributed by atoms with E-state index in [9.17, 15) is 0 Å². The summed E-state index contributed by atoms with van der Waals surface area (Å²) in [6.07, 6.45) is 5.48. The largest absolute Gasteiger partial charge is 0.358 e. The minimum atomic E-state index is -0.0734. The number of hydrogen-bond acceptors (Lipinski definition) is 5. The number of anilines is 1. The van der Waals surface area contributed by atoms with E-state index in [1.165, 1.54) is 16.7 Å². The molecule has 0 aliphatic rings. The normalized spacial score (nSPS) is 12.3. The minimum absolute atomic E-state index is 0.0734. The molecule has 0 saturated heterocycles. The van der Waals surface area contributed by atoms with Gasteiger partial charge in [-0.1, -0.05) is 24.3 Å². The van der Waals surface area contributed by atoms with Crippen molar-refractivity contribution in [3.8, 4) is 0 Å². The van der Waals surface area contributed by atoms with Gasteiger partial charge in [-0.2, -0.15) is 5.10 Å². The molecule has 1 aromatic carbocycles. The molecule has 1 unspecified atom stereocenters. The van der Waals surface area contributed by atoms with Crippen molar-refractivity contribution in [3.05, 3.63) is 77.0 Å². The maximum atomic E-state index is 4.65. The standard InChI is InChI=1S/C21H22N6/c1-13-7-8-16(10-14(13)2)19(17-6-5-9-22-11-17)26-20-18-12-23-27(4)21(18)25-15(3)24-20/h5-12,19H,1-4H3,(H,24,25,26). The van der Waals surface area contributed by atoms with Crippen LogP contribution in [-0.2, 0) is 7.05 Å². The first-order chi connectivity index (χ1) is 13.0. The van der Waals surface area contributed by atoms with Crippen LogP contribution in [0.25, 0.3) is 11.0 Å². The van der Waals surface area contributed by atoms with Gasteiger partial charge in [0, 0.05) is 19.4 Å². The van der Waals surface area contributed by atoms with Gasteiger partial charge in [0.2, 0.25) is 0 Å². The number of aromatic nitrogens is 5. The number of nitrogens with zero attached hydrogens (tertiary/aromatic N) is 5. The van der Waals surface area contributed by atoms with Gasteiger partial charge in [0.15, 0.2) is 5.65 Å². The number of aryl methyl sites for hydroxylation is 4. The molecule has 3 aromatic heterocycles. The lowest BCUT2D eigenvalue weighted by atomic mass is 9.96. The Morgan fingerprint density at radius 1 is 0.963 bits per heavy atom. The molecule has 1 atom stereocenters. The van der Waals surface area contributed by atoms with E-state index < -0.39 is 0 Å². The van der Waals surface area contributed by atoms with Gasteiger partial charge >= 0.3 is 0 Å². The molecule has 0 amide bonds. The Kier molecular flexibility index (Phi) is 4.32. The molecule has 0 spiro atoms. The van der Waals surface area contributed by atoms with Crippen molar-refractivity contribution in [2.45, 2.75) is 26.8 Å². The van der Waals surface area contributed by atoms with Crippen LogP contribution >= 0.6 is 0 Å². The number of rotatable bonds is 4. The maximum Gasteiger partial charge on any atom is 0.163 e. The Bertz CT molecular complexity index is 1100. The molecular weight excluding hydrogens is 336 g/mol. The predicted molar refractivity (Wildman–Crippen MR) is 107 cm³/mol. The zero-order valence-electron chi connectivity index (χ0n) is 15.9. The van der Waals surface area contributed by atoms with Crippen molar-refractivity contribution < 1.29 is 0 Å². The molecule has 0 aliphatic carbocycles. The first-order valence-corrected chi connectivity index (χ1v) is 8.93. The first kappa shape index (κ1) is 17.1. The predicted octanol–water partition coefficient (Wildman–Crippen LogP) is 3.89. The molecule has 0 saturated carbocycles. The smallest absolute Gasteiger partial charge is 0.163 e. The summed E-state index contributed by atoms with van der Waals surface area (Å²) in [6, 6.07) is 10.5. The Morgan fingerprint density at radius 2 is 1.81 bits per heavy atom. The second-order valence-electron chi connectivity index (χ2n) is 6.83. The highest BCUT2D eigenvalue weighted by molar-refractivity contribution is 5.86. The first-order valence-electron chi connectivity index (χ1n) is 8.93. The van der Waals surface area contributed by atoms with Crippen molar-refractivity contribution in [1.29, 1.82) is 0 Å². The molecule has 6 nitrogen and oxygen atoms in total. The van der Waals surface area contributed by atoms with Crippen LogP contribution in [0.4, 0.5) is 5.82 Å². The van der Waals surface area contributed by atoms with E-state index >= 15 is 0 Å². The maximum absolute atomic E-state index is 4.65. The van der Waals surface area contributed by atoms with Crippen LogP contribution < -0.4 is 5.32 Å². The van der Waals surface area contributed by atoms with Crippen molar-refractivity contribution in [3.63, 3.8) is 0 Å². The van der Waals surface area contributed by atoms with E-state index in [1.807, 2.05) is 26.2 Å². The highest BCUT2D eigenvalue weighted by Gasteiger charge is 2.18. The fourth-order valence-electron chi connectivity index (χ4n) is 3.23. The number of fused-ring (bicyclic) bond motifs is 1. The molecule has 3 heterocycles. The Morgan fingerprint density at radius 3 is 2.56 bits per heavy atom. The topological polar surface area (TPSA) is 68.5 Å². The lowest BCUT2D eigenvalue weighted by molar-refractivity contribution is 0.782. The van der Waals surface area contributed by atoms with E-state index in [0.29, 0.717) is 5.82 Å². The minimum Gasteiger partial charge on any atom is -0.358 e. The lowest BCUT2D eigenvalue weighted by Gasteiger charge is -2.21.